The van der Waals surface area contributed by atoms with Crippen molar-refractivity contribution < 1.29 is 55.2 Å². The average molecular weight is 916 g/mol. The van der Waals surface area contributed by atoms with Crippen molar-refractivity contribution in [1.82, 2.24) is 0 Å². The van der Waals surface area contributed by atoms with E-state index in [1.54, 1.807) is 38.5 Å². The summed E-state index contributed by atoms with van der Waals surface area (Å²) in [4.78, 5) is 34.8. The van der Waals surface area contributed by atoms with Gasteiger partial charge in [-0.2, -0.15) is 90.1 Å². The number of hydrogen-bond donors (Lipinski definition) is 0. The molecule has 0 radical (unpaired) electrons. The van der Waals surface area contributed by atoms with E-state index in [9.17, 15) is 14.4 Å². The van der Waals surface area contributed by atoms with Crippen molar-refractivity contribution in [2.75, 3.05) is 0 Å². The molecule has 6 rings (SSSR count). The first-order valence-electron chi connectivity index (χ1n) is 17.5. The molecule has 0 spiro atoms. The van der Waals surface area contributed by atoms with Crippen LogP contribution in [0.25, 0.3) is 0 Å². The molecule has 0 heterocycles. The molecule has 0 aliphatic rings. The van der Waals surface area contributed by atoms with Crippen LogP contribution in [-0.2, 0) is 55.2 Å². The molecule has 0 amide bonds. The second kappa shape index (κ2) is 28.5. The molecule has 0 fully saturated rings. The van der Waals surface area contributed by atoms with E-state index in [1.165, 1.54) is 0 Å². The van der Waals surface area contributed by atoms with Gasteiger partial charge in [0, 0.05) is 40.8 Å². The summed E-state index contributed by atoms with van der Waals surface area (Å²) in [5.41, 5.74) is 6.16. The molecule has 0 aromatic heterocycles. The molecular weight excluding hydrogens is 873 g/mol. The van der Waals surface area contributed by atoms with Crippen LogP contribution in [0.4, 0.5) is 0 Å². The van der Waals surface area contributed by atoms with Gasteiger partial charge in [-0.15, -0.1) is 72.8 Å². The summed E-state index contributed by atoms with van der Waals surface area (Å²) in [7, 11) is 0. The maximum atomic E-state index is 11.6. The molecule has 0 atom stereocenters. The van der Waals surface area contributed by atoms with Crippen molar-refractivity contribution in [3.8, 4) is 0 Å². The number of carbonyl (C=O) groups is 3. The van der Waals surface area contributed by atoms with Gasteiger partial charge < -0.3 is 91.4 Å². The molecule has 0 saturated heterocycles. The van der Waals surface area contributed by atoms with Crippen LogP contribution in [0.3, 0.4) is 0 Å². The average Bonchev–Trinajstić information content (AvgIpc) is 3.24. The Bertz CT molecular complexity index is 1520. The van der Waals surface area contributed by atoms with E-state index in [-0.39, 0.29) is 58.2 Å². The third kappa shape index (κ3) is 20.5. The minimum Gasteiger partial charge on any atom is -0.394 e. The second-order valence-corrected chi connectivity index (χ2v) is 11.7. The number of carbonyl (C=O) groups excluding carboxylic acids is 3. The molecule has 0 N–H and O–H groups in total. The van der Waals surface area contributed by atoms with Gasteiger partial charge in [0.05, 0.1) is 0 Å². The quantitative estimate of drug-likeness (QED) is 0.0638. The summed E-state index contributed by atoms with van der Waals surface area (Å²) < 4.78 is 0. The van der Waals surface area contributed by atoms with Gasteiger partial charge in [0.1, 0.15) is 0 Å². The Morgan fingerprint density at radius 2 is 0.357 bits per heavy atom. The van der Waals surface area contributed by atoms with E-state index in [4.69, 9.17) is 0 Å². The van der Waals surface area contributed by atoms with Crippen molar-refractivity contribution in [2.24, 2.45) is 0 Å². The van der Waals surface area contributed by atoms with Crippen LogP contribution in [0.1, 0.15) is 33.4 Å². The van der Waals surface area contributed by atoms with Crippen molar-refractivity contribution in [2.45, 2.75) is 0 Å². The first-order chi connectivity index (χ1) is 26.5. The van der Waals surface area contributed by atoms with Gasteiger partial charge in [0.2, 0.25) is 0 Å². The summed E-state index contributed by atoms with van der Waals surface area (Å²) in [6, 6.07) is 58.7. The van der Waals surface area contributed by atoms with Crippen LogP contribution in [0, 0.1) is 77.0 Å². The Hall–Kier alpha value is -5.91. The minimum atomic E-state index is -0.0114. The van der Waals surface area contributed by atoms with E-state index < -0.39 is 0 Å². The minimum absolute atomic E-state index is 0. The molecule has 6 aromatic rings. The number of rotatable bonds is 18. The number of benzene rings is 6. The molecule has 296 valence electrons. The Balaban J connectivity index is 0.000000285. The van der Waals surface area contributed by atoms with Crippen LogP contribution in [0.2, 0.25) is 0 Å². The monoisotopic (exact) mass is 914 g/mol. The molecule has 0 bridgehead atoms. The Morgan fingerprint density at radius 1 is 0.232 bits per heavy atom. The zero-order valence-corrected chi connectivity index (χ0v) is 33.7. The van der Waals surface area contributed by atoms with E-state index in [1.807, 2.05) is 221 Å². The zero-order valence-electron chi connectivity index (χ0n) is 30.6. The predicted octanol–water partition coefficient (Wildman–Crippen LogP) is 10.4. The molecular formula is C51H42O3Pd2-12. The molecule has 0 aliphatic carbocycles. The van der Waals surface area contributed by atoms with Gasteiger partial charge >= 0.3 is 0 Å². The summed E-state index contributed by atoms with van der Waals surface area (Å²) in [5.74, 6) is -0.0341. The van der Waals surface area contributed by atoms with Crippen molar-refractivity contribution in [3.05, 3.63) is 292 Å². The van der Waals surface area contributed by atoms with Gasteiger partial charge in [-0.1, -0.05) is 36.4 Å². The van der Waals surface area contributed by atoms with Crippen LogP contribution < -0.4 is 0 Å². The Kier molecular flexibility index (Phi) is 23.6. The standard InChI is InChI=1S/3C17H14O.2Pd/c3*18-17(13-11-15-7-3-1-4-8-15)14-12-16-9-5-2-6-10-16;;/h3*1-14H;;/q3*-4;;. The molecule has 0 unspecified atom stereocenters. The maximum absolute atomic E-state index is 11.6. The van der Waals surface area contributed by atoms with Crippen LogP contribution in [0.15, 0.2) is 182 Å². The van der Waals surface area contributed by atoms with Crippen molar-refractivity contribution in [3.63, 3.8) is 0 Å². The van der Waals surface area contributed by atoms with Gasteiger partial charge in [-0.05, 0) is 0 Å². The first-order valence-corrected chi connectivity index (χ1v) is 17.5. The first kappa shape index (κ1) is 46.2. The Labute approximate surface area is 362 Å². The van der Waals surface area contributed by atoms with Crippen LogP contribution in [0.5, 0.6) is 0 Å². The number of ketones is 3. The number of Topliss-reactive ketones (excluding diaryl/α,β-unsaturated/α-hetero) is 3. The zero-order chi connectivity index (χ0) is 37.9. The fourth-order valence-electron chi connectivity index (χ4n) is 4.62. The van der Waals surface area contributed by atoms with Gasteiger partial charge in [-0.3, -0.25) is 0 Å². The fraction of sp³-hybridized carbons (Fsp3) is 0. The van der Waals surface area contributed by atoms with Crippen LogP contribution in [-0.4, -0.2) is 17.3 Å². The van der Waals surface area contributed by atoms with E-state index in [0.29, 0.717) is 0 Å². The van der Waals surface area contributed by atoms with Gasteiger partial charge in [-0.25, -0.2) is 33.4 Å². The van der Waals surface area contributed by atoms with E-state index in [0.717, 1.165) is 33.4 Å². The molecule has 0 aliphatic heterocycles. The molecule has 0 saturated carbocycles. The molecule has 5 heteroatoms. The molecule has 3 nitrogen and oxygen atoms in total. The van der Waals surface area contributed by atoms with E-state index >= 15 is 0 Å². The smallest absolute Gasteiger partial charge is 0 e. The summed E-state index contributed by atoms with van der Waals surface area (Å²) >= 11 is 0. The summed E-state index contributed by atoms with van der Waals surface area (Å²) in [6.07, 6.45) is 20.4. The summed E-state index contributed by atoms with van der Waals surface area (Å²) in [6.45, 7) is 0. The number of hydrogen-bond acceptors (Lipinski definition) is 3. The van der Waals surface area contributed by atoms with Crippen molar-refractivity contribution in [1.29, 1.82) is 0 Å². The fourth-order valence-corrected chi connectivity index (χ4v) is 4.62. The normalized spacial score (nSPS) is 9.00. The SMILES string of the molecule is O=C([CH-][CH-]c1ccccc1)[CH-][CH-]c1ccccc1.O=C([CH-][CH-]c1ccccc1)[CH-][CH-]c1ccccc1.O=C([CH-][CH-]c1ccccc1)[CH-][CH-]c1ccccc1.[Pd].[Pd]. The Morgan fingerprint density at radius 3 is 0.482 bits per heavy atom. The van der Waals surface area contributed by atoms with Gasteiger partial charge in [0.15, 0.2) is 0 Å². The largest absolute Gasteiger partial charge is 0.394 e. The van der Waals surface area contributed by atoms with E-state index in [2.05, 4.69) is 0 Å². The van der Waals surface area contributed by atoms with Crippen molar-refractivity contribution >= 4 is 17.3 Å². The third-order valence-electron chi connectivity index (χ3n) is 7.44. The van der Waals surface area contributed by atoms with Gasteiger partial charge in [0.25, 0.3) is 0 Å². The third-order valence-corrected chi connectivity index (χ3v) is 7.44. The predicted molar refractivity (Wildman–Crippen MR) is 220 cm³/mol. The molecule has 6 aromatic carbocycles. The van der Waals surface area contributed by atoms with Crippen LogP contribution >= 0.6 is 0 Å². The topological polar surface area (TPSA) is 51.2 Å². The second-order valence-electron chi connectivity index (χ2n) is 11.7. The summed E-state index contributed by atoms with van der Waals surface area (Å²) in [5, 5.41) is 0. The maximum Gasteiger partial charge on any atom is 0 e. The molecule has 56 heavy (non-hydrogen) atoms.